The number of rotatable bonds is 7. The molecule has 1 saturated carbocycles. The highest BCUT2D eigenvalue weighted by Crippen LogP contribution is 2.30. The Morgan fingerprint density at radius 1 is 1.04 bits per heavy atom. The molecule has 0 saturated heterocycles. The Bertz CT molecular complexity index is 856. The van der Waals surface area contributed by atoms with Crippen molar-refractivity contribution in [3.8, 4) is 0 Å². The molecule has 7 nitrogen and oxygen atoms in total. The lowest BCUT2D eigenvalue weighted by molar-refractivity contribution is -0.117. The van der Waals surface area contributed by atoms with E-state index in [4.69, 9.17) is 0 Å². The van der Waals surface area contributed by atoms with E-state index in [0.29, 0.717) is 34.9 Å². The molecule has 142 valence electrons. The molecule has 3 amide bonds. The van der Waals surface area contributed by atoms with Gasteiger partial charge < -0.3 is 16.0 Å². The summed E-state index contributed by atoms with van der Waals surface area (Å²) in [6, 6.07) is 6.76. The summed E-state index contributed by atoms with van der Waals surface area (Å²) in [6.45, 7) is 4.31. The summed E-state index contributed by atoms with van der Waals surface area (Å²) < 4.78 is 0. The summed E-state index contributed by atoms with van der Waals surface area (Å²) in [5.41, 5.74) is 1.90. The molecule has 3 rings (SSSR count). The second-order valence-electron chi connectivity index (χ2n) is 6.50. The van der Waals surface area contributed by atoms with Gasteiger partial charge in [0.05, 0.1) is 10.7 Å². The largest absolute Gasteiger partial charge is 0.350 e. The SMILES string of the molecule is Cc1nc(C)c(C(=O)NCCNC(=O)c2ccc(NC(=O)C3CC3)cc2)s1. The van der Waals surface area contributed by atoms with Crippen LogP contribution in [0.3, 0.4) is 0 Å². The standard InChI is InChI=1S/C19H22N4O3S/c1-11-16(27-12(2)22-11)19(26)21-10-9-20-17(24)13-5-7-15(8-6-13)23-18(25)14-3-4-14/h5-8,14H,3-4,9-10H2,1-2H3,(H,20,24)(H,21,26)(H,23,25). The van der Waals surface area contributed by atoms with Gasteiger partial charge in [-0.25, -0.2) is 4.98 Å². The smallest absolute Gasteiger partial charge is 0.263 e. The molecule has 0 bridgehead atoms. The zero-order valence-electron chi connectivity index (χ0n) is 15.3. The quantitative estimate of drug-likeness (QED) is 0.636. The van der Waals surface area contributed by atoms with Gasteiger partial charge >= 0.3 is 0 Å². The lowest BCUT2D eigenvalue weighted by atomic mass is 10.2. The Hall–Kier alpha value is -2.74. The molecule has 8 heteroatoms. The highest BCUT2D eigenvalue weighted by molar-refractivity contribution is 7.13. The van der Waals surface area contributed by atoms with Gasteiger partial charge in [-0.1, -0.05) is 0 Å². The number of hydrogen-bond acceptors (Lipinski definition) is 5. The number of aromatic nitrogens is 1. The first kappa shape index (κ1) is 19.0. The topological polar surface area (TPSA) is 100 Å². The van der Waals surface area contributed by atoms with E-state index in [9.17, 15) is 14.4 Å². The van der Waals surface area contributed by atoms with Crippen molar-refractivity contribution in [3.63, 3.8) is 0 Å². The fourth-order valence-electron chi connectivity index (χ4n) is 2.57. The molecule has 1 heterocycles. The summed E-state index contributed by atoms with van der Waals surface area (Å²) >= 11 is 1.35. The van der Waals surface area contributed by atoms with Crippen molar-refractivity contribution in [3.05, 3.63) is 45.4 Å². The Balaban J connectivity index is 1.41. The maximum atomic E-state index is 12.1. The predicted molar refractivity (Wildman–Crippen MR) is 104 cm³/mol. The van der Waals surface area contributed by atoms with Gasteiger partial charge in [0.15, 0.2) is 0 Å². The average molecular weight is 386 g/mol. The maximum absolute atomic E-state index is 12.1. The molecule has 27 heavy (non-hydrogen) atoms. The molecule has 2 aromatic rings. The van der Waals surface area contributed by atoms with Crippen LogP contribution in [-0.4, -0.2) is 35.8 Å². The van der Waals surface area contributed by atoms with Crippen LogP contribution in [0, 0.1) is 19.8 Å². The molecule has 1 aromatic carbocycles. The number of nitrogens with one attached hydrogen (secondary N) is 3. The van der Waals surface area contributed by atoms with E-state index in [1.165, 1.54) is 11.3 Å². The van der Waals surface area contributed by atoms with Gasteiger partial charge in [-0.2, -0.15) is 0 Å². The molecular formula is C19H22N4O3S. The van der Waals surface area contributed by atoms with Crippen molar-refractivity contribution in [1.82, 2.24) is 15.6 Å². The molecule has 1 fully saturated rings. The lowest BCUT2D eigenvalue weighted by Crippen LogP contribution is -2.34. The molecule has 1 aliphatic rings. The van der Waals surface area contributed by atoms with E-state index < -0.39 is 0 Å². The Morgan fingerprint density at radius 3 is 2.22 bits per heavy atom. The van der Waals surface area contributed by atoms with Gasteiger partial charge in [0.2, 0.25) is 5.91 Å². The van der Waals surface area contributed by atoms with E-state index in [0.717, 1.165) is 17.8 Å². The molecule has 0 aliphatic heterocycles. The second kappa shape index (κ2) is 8.30. The minimum absolute atomic E-state index is 0.0364. The van der Waals surface area contributed by atoms with Crippen molar-refractivity contribution >= 4 is 34.7 Å². The number of carbonyl (C=O) groups excluding carboxylic acids is 3. The molecule has 0 atom stereocenters. The van der Waals surface area contributed by atoms with Crippen molar-refractivity contribution < 1.29 is 14.4 Å². The number of hydrogen-bond donors (Lipinski definition) is 3. The monoisotopic (exact) mass is 386 g/mol. The number of aryl methyl sites for hydroxylation is 2. The van der Waals surface area contributed by atoms with E-state index >= 15 is 0 Å². The number of nitrogens with zero attached hydrogens (tertiary/aromatic N) is 1. The summed E-state index contributed by atoms with van der Waals surface area (Å²) in [4.78, 5) is 40.8. The van der Waals surface area contributed by atoms with Crippen LogP contribution in [0.1, 0.15) is 43.6 Å². The molecular weight excluding hydrogens is 364 g/mol. The third-order valence-corrected chi connectivity index (χ3v) is 5.24. The van der Waals surface area contributed by atoms with Crippen molar-refractivity contribution in [2.45, 2.75) is 26.7 Å². The van der Waals surface area contributed by atoms with Gasteiger partial charge in [0, 0.05) is 30.3 Å². The summed E-state index contributed by atoms with van der Waals surface area (Å²) in [5, 5.41) is 9.22. The van der Waals surface area contributed by atoms with Gasteiger partial charge in [-0.15, -0.1) is 11.3 Å². The molecule has 3 N–H and O–H groups in total. The van der Waals surface area contributed by atoms with Crippen LogP contribution in [0.4, 0.5) is 5.69 Å². The van der Waals surface area contributed by atoms with Crippen LogP contribution in [-0.2, 0) is 4.79 Å². The van der Waals surface area contributed by atoms with E-state index in [-0.39, 0.29) is 23.6 Å². The maximum Gasteiger partial charge on any atom is 0.263 e. The molecule has 0 radical (unpaired) electrons. The average Bonchev–Trinajstić information content (AvgIpc) is 3.43. The minimum Gasteiger partial charge on any atom is -0.350 e. The third kappa shape index (κ3) is 5.13. The number of carbonyl (C=O) groups is 3. The Labute approximate surface area is 161 Å². The lowest BCUT2D eigenvalue weighted by Gasteiger charge is -2.08. The van der Waals surface area contributed by atoms with Crippen molar-refractivity contribution in [2.24, 2.45) is 5.92 Å². The Morgan fingerprint density at radius 2 is 1.67 bits per heavy atom. The summed E-state index contributed by atoms with van der Waals surface area (Å²) in [6.07, 6.45) is 1.90. The zero-order chi connectivity index (χ0) is 19.4. The molecule has 0 unspecified atom stereocenters. The van der Waals surface area contributed by atoms with Crippen LogP contribution in [0.25, 0.3) is 0 Å². The first-order valence-corrected chi connectivity index (χ1v) is 9.67. The van der Waals surface area contributed by atoms with Gasteiger partial charge in [0.1, 0.15) is 4.88 Å². The molecule has 1 aliphatic carbocycles. The summed E-state index contributed by atoms with van der Waals surface area (Å²) in [5.74, 6) is -0.229. The number of benzene rings is 1. The van der Waals surface area contributed by atoms with Crippen molar-refractivity contribution in [2.75, 3.05) is 18.4 Å². The van der Waals surface area contributed by atoms with Crippen molar-refractivity contribution in [1.29, 1.82) is 0 Å². The van der Waals surface area contributed by atoms with E-state index in [1.54, 1.807) is 31.2 Å². The van der Waals surface area contributed by atoms with Crippen LogP contribution in [0.2, 0.25) is 0 Å². The summed E-state index contributed by atoms with van der Waals surface area (Å²) in [7, 11) is 0. The second-order valence-corrected chi connectivity index (χ2v) is 7.70. The Kier molecular flexibility index (Phi) is 5.85. The van der Waals surface area contributed by atoms with Crippen LogP contribution in [0.5, 0.6) is 0 Å². The van der Waals surface area contributed by atoms with Crippen LogP contribution >= 0.6 is 11.3 Å². The number of anilines is 1. The van der Waals surface area contributed by atoms with Gasteiger partial charge in [-0.3, -0.25) is 14.4 Å². The predicted octanol–water partition coefficient (Wildman–Crippen LogP) is 2.27. The highest BCUT2D eigenvalue weighted by atomic mass is 32.1. The first-order valence-electron chi connectivity index (χ1n) is 8.85. The third-order valence-electron chi connectivity index (χ3n) is 4.17. The van der Waals surface area contributed by atoms with Crippen LogP contribution in [0.15, 0.2) is 24.3 Å². The number of thiazole rings is 1. The van der Waals surface area contributed by atoms with Gasteiger partial charge in [0.25, 0.3) is 11.8 Å². The normalized spacial score (nSPS) is 13.1. The molecule has 1 aromatic heterocycles. The van der Waals surface area contributed by atoms with E-state index in [2.05, 4.69) is 20.9 Å². The highest BCUT2D eigenvalue weighted by Gasteiger charge is 2.29. The number of amides is 3. The fourth-order valence-corrected chi connectivity index (χ4v) is 3.41. The van der Waals surface area contributed by atoms with E-state index in [1.807, 2.05) is 6.92 Å². The first-order chi connectivity index (χ1) is 12.9. The minimum atomic E-state index is -0.228. The van der Waals surface area contributed by atoms with Gasteiger partial charge in [-0.05, 0) is 51.0 Å². The fraction of sp³-hybridized carbons (Fsp3) is 0.368. The zero-order valence-corrected chi connectivity index (χ0v) is 16.1. The van der Waals surface area contributed by atoms with Crippen LogP contribution < -0.4 is 16.0 Å². The molecule has 0 spiro atoms.